The molecule has 1 aromatic heterocycles. The number of amides is 2. The highest BCUT2D eigenvalue weighted by atomic mass is 16.5. The van der Waals surface area contributed by atoms with Crippen LogP contribution in [0.4, 0.5) is 16.2 Å². The molecule has 1 aromatic carbocycles. The quantitative estimate of drug-likeness (QED) is 0.841. The molecule has 7 heteroatoms. The van der Waals surface area contributed by atoms with Crippen LogP contribution in [0.3, 0.4) is 0 Å². The third-order valence-electron chi connectivity index (χ3n) is 3.99. The summed E-state index contributed by atoms with van der Waals surface area (Å²) in [4.78, 5) is 12.2. The van der Waals surface area contributed by atoms with Crippen LogP contribution in [-0.4, -0.2) is 35.1 Å². The first-order chi connectivity index (χ1) is 12.2. The molecular weight excluding hydrogens is 320 g/mol. The Labute approximate surface area is 147 Å². The number of carbonyl (C=O) groups is 1. The predicted molar refractivity (Wildman–Crippen MR) is 96.1 cm³/mol. The molecule has 0 bridgehead atoms. The van der Waals surface area contributed by atoms with E-state index >= 15 is 0 Å². The Morgan fingerprint density at radius 2 is 2.24 bits per heavy atom. The van der Waals surface area contributed by atoms with E-state index < -0.39 is 0 Å². The smallest absolute Gasteiger partial charge is 0.323 e. The zero-order valence-corrected chi connectivity index (χ0v) is 14.4. The molecule has 134 valence electrons. The second kappa shape index (κ2) is 8.53. The van der Waals surface area contributed by atoms with Gasteiger partial charge in [0.15, 0.2) is 0 Å². The lowest BCUT2D eigenvalue weighted by Gasteiger charge is -2.22. The highest BCUT2D eigenvalue weighted by molar-refractivity contribution is 6.00. The van der Waals surface area contributed by atoms with Crippen molar-refractivity contribution in [2.75, 3.05) is 23.8 Å². The lowest BCUT2D eigenvalue weighted by atomic mass is 10.1. The lowest BCUT2D eigenvalue weighted by molar-refractivity contribution is 0.00401. The van der Waals surface area contributed by atoms with Gasteiger partial charge in [-0.05, 0) is 38.3 Å². The van der Waals surface area contributed by atoms with E-state index in [4.69, 9.17) is 9.47 Å². The van der Waals surface area contributed by atoms with Crippen LogP contribution in [0.1, 0.15) is 26.2 Å². The molecule has 0 spiro atoms. The van der Waals surface area contributed by atoms with Gasteiger partial charge < -0.3 is 20.1 Å². The van der Waals surface area contributed by atoms with E-state index in [1.807, 2.05) is 31.3 Å². The molecule has 1 unspecified atom stereocenters. The second-order valence-corrected chi connectivity index (χ2v) is 5.95. The van der Waals surface area contributed by atoms with E-state index in [1.165, 1.54) is 6.42 Å². The molecule has 2 amide bonds. The number of hydrogen-bond acceptors (Lipinski definition) is 4. The van der Waals surface area contributed by atoms with Gasteiger partial charge in [0, 0.05) is 12.8 Å². The monoisotopic (exact) mass is 344 g/mol. The lowest BCUT2D eigenvalue weighted by Crippen LogP contribution is -2.24. The average Bonchev–Trinajstić information content (AvgIpc) is 3.04. The van der Waals surface area contributed by atoms with Gasteiger partial charge in [0.2, 0.25) is 0 Å². The summed E-state index contributed by atoms with van der Waals surface area (Å²) in [5.41, 5.74) is 1.27. The SMILES string of the molecule is CCOc1ccccc1NC(=O)Nc1cnn(CC2CCCCO2)c1. The van der Waals surface area contributed by atoms with Crippen LogP contribution in [0.5, 0.6) is 5.75 Å². The second-order valence-electron chi connectivity index (χ2n) is 5.95. The van der Waals surface area contributed by atoms with Gasteiger partial charge in [-0.1, -0.05) is 12.1 Å². The van der Waals surface area contributed by atoms with E-state index in [-0.39, 0.29) is 12.1 Å². The number of benzene rings is 1. The van der Waals surface area contributed by atoms with Crippen LogP contribution in [0.2, 0.25) is 0 Å². The average molecular weight is 344 g/mol. The van der Waals surface area contributed by atoms with Crippen LogP contribution in [0.15, 0.2) is 36.7 Å². The number of nitrogens with one attached hydrogen (secondary N) is 2. The fourth-order valence-electron chi connectivity index (χ4n) is 2.82. The summed E-state index contributed by atoms with van der Waals surface area (Å²) in [6.07, 6.45) is 7.03. The van der Waals surface area contributed by atoms with Gasteiger partial charge in [0.05, 0.1) is 36.8 Å². The number of rotatable bonds is 6. The maximum atomic E-state index is 12.2. The first kappa shape index (κ1) is 17.3. The predicted octanol–water partition coefficient (Wildman–Crippen LogP) is 3.49. The van der Waals surface area contributed by atoms with Crippen LogP contribution in [0, 0.1) is 0 Å². The first-order valence-electron chi connectivity index (χ1n) is 8.68. The third kappa shape index (κ3) is 4.96. The van der Waals surface area contributed by atoms with Crippen molar-refractivity contribution in [3.8, 4) is 5.75 Å². The Morgan fingerprint density at radius 1 is 1.36 bits per heavy atom. The van der Waals surface area contributed by atoms with Crippen molar-refractivity contribution in [3.05, 3.63) is 36.7 Å². The molecule has 1 aliphatic heterocycles. The van der Waals surface area contributed by atoms with E-state index in [0.29, 0.717) is 30.3 Å². The summed E-state index contributed by atoms with van der Waals surface area (Å²) >= 11 is 0. The zero-order chi connectivity index (χ0) is 17.5. The van der Waals surface area contributed by atoms with Crippen LogP contribution >= 0.6 is 0 Å². The standard InChI is InChI=1S/C18H24N4O3/c1-2-24-17-9-4-3-8-16(17)21-18(23)20-14-11-19-22(12-14)13-15-7-5-6-10-25-15/h3-4,8-9,11-12,15H,2,5-7,10,13H2,1H3,(H2,20,21,23). The summed E-state index contributed by atoms with van der Waals surface area (Å²) in [5.74, 6) is 0.644. The maximum absolute atomic E-state index is 12.2. The van der Waals surface area contributed by atoms with E-state index in [1.54, 1.807) is 16.9 Å². The van der Waals surface area contributed by atoms with Crippen molar-refractivity contribution < 1.29 is 14.3 Å². The van der Waals surface area contributed by atoms with E-state index in [9.17, 15) is 4.79 Å². The van der Waals surface area contributed by atoms with Crippen molar-refractivity contribution in [2.24, 2.45) is 0 Å². The molecule has 2 heterocycles. The minimum atomic E-state index is -0.333. The fourth-order valence-corrected chi connectivity index (χ4v) is 2.82. The Balaban J connectivity index is 1.54. The van der Waals surface area contributed by atoms with Crippen molar-refractivity contribution in [3.63, 3.8) is 0 Å². The molecule has 25 heavy (non-hydrogen) atoms. The van der Waals surface area contributed by atoms with Gasteiger partial charge in [-0.3, -0.25) is 4.68 Å². The summed E-state index contributed by atoms with van der Waals surface area (Å²) < 4.78 is 13.0. The normalized spacial score (nSPS) is 17.1. The topological polar surface area (TPSA) is 77.4 Å². The number of anilines is 2. The van der Waals surface area contributed by atoms with Crippen molar-refractivity contribution >= 4 is 17.4 Å². The van der Waals surface area contributed by atoms with Gasteiger partial charge in [-0.15, -0.1) is 0 Å². The minimum Gasteiger partial charge on any atom is -0.492 e. The molecule has 2 N–H and O–H groups in total. The maximum Gasteiger partial charge on any atom is 0.323 e. The highest BCUT2D eigenvalue weighted by Crippen LogP contribution is 2.24. The summed E-state index contributed by atoms with van der Waals surface area (Å²) in [5, 5.41) is 9.87. The highest BCUT2D eigenvalue weighted by Gasteiger charge is 2.15. The fraction of sp³-hybridized carbons (Fsp3) is 0.444. The molecule has 0 saturated carbocycles. The number of carbonyl (C=O) groups excluding carboxylic acids is 1. The third-order valence-corrected chi connectivity index (χ3v) is 3.99. The van der Waals surface area contributed by atoms with Gasteiger partial charge in [0.1, 0.15) is 5.75 Å². The van der Waals surface area contributed by atoms with Gasteiger partial charge >= 0.3 is 6.03 Å². The summed E-state index contributed by atoms with van der Waals surface area (Å²) in [6.45, 7) is 3.97. The van der Waals surface area contributed by atoms with Crippen LogP contribution in [-0.2, 0) is 11.3 Å². The molecule has 0 radical (unpaired) electrons. The molecule has 0 aliphatic carbocycles. The molecule has 7 nitrogen and oxygen atoms in total. The molecule has 1 saturated heterocycles. The van der Waals surface area contributed by atoms with Crippen molar-refractivity contribution in [1.82, 2.24) is 9.78 Å². The van der Waals surface area contributed by atoms with E-state index in [2.05, 4.69) is 15.7 Å². The zero-order valence-electron chi connectivity index (χ0n) is 14.4. The van der Waals surface area contributed by atoms with Gasteiger partial charge in [0.25, 0.3) is 0 Å². The largest absolute Gasteiger partial charge is 0.492 e. The van der Waals surface area contributed by atoms with Crippen LogP contribution < -0.4 is 15.4 Å². The first-order valence-corrected chi connectivity index (χ1v) is 8.68. The van der Waals surface area contributed by atoms with Gasteiger partial charge in [-0.25, -0.2) is 4.79 Å². The Bertz CT molecular complexity index is 695. The molecular formula is C18H24N4O3. The number of urea groups is 1. The summed E-state index contributed by atoms with van der Waals surface area (Å²) in [7, 11) is 0. The number of hydrogen-bond donors (Lipinski definition) is 2. The Kier molecular flexibility index (Phi) is 5.90. The number of ether oxygens (including phenoxy) is 2. The minimum absolute atomic E-state index is 0.202. The Morgan fingerprint density at radius 3 is 3.04 bits per heavy atom. The van der Waals surface area contributed by atoms with E-state index in [0.717, 1.165) is 19.4 Å². The van der Waals surface area contributed by atoms with Gasteiger partial charge in [-0.2, -0.15) is 5.10 Å². The van der Waals surface area contributed by atoms with Crippen molar-refractivity contribution in [2.45, 2.75) is 38.8 Å². The number of nitrogens with zero attached hydrogens (tertiary/aromatic N) is 2. The molecule has 1 fully saturated rings. The Hall–Kier alpha value is -2.54. The number of aromatic nitrogens is 2. The molecule has 2 aromatic rings. The molecule has 3 rings (SSSR count). The van der Waals surface area contributed by atoms with Crippen molar-refractivity contribution in [1.29, 1.82) is 0 Å². The summed E-state index contributed by atoms with van der Waals surface area (Å²) in [6, 6.07) is 7.00. The molecule has 1 aliphatic rings. The molecule has 1 atom stereocenters. The number of para-hydroxylation sites is 2. The van der Waals surface area contributed by atoms with Crippen LogP contribution in [0.25, 0.3) is 0 Å².